The maximum Gasteiger partial charge on any atom is 0.0808 e. The van der Waals surface area contributed by atoms with Crippen LogP contribution in [0.3, 0.4) is 0 Å². The fourth-order valence-electron chi connectivity index (χ4n) is 2.22. The van der Waals surface area contributed by atoms with Gasteiger partial charge in [-0.15, -0.1) is 0 Å². The maximum absolute atomic E-state index is 5.98. The summed E-state index contributed by atoms with van der Waals surface area (Å²) < 4.78 is 5.73. The first-order valence-corrected chi connectivity index (χ1v) is 5.93. The number of nitrogens with one attached hydrogen (secondary N) is 1. The van der Waals surface area contributed by atoms with Crippen LogP contribution in [0.15, 0.2) is 24.3 Å². The molecule has 4 heteroatoms. The van der Waals surface area contributed by atoms with Gasteiger partial charge in [0.05, 0.1) is 12.1 Å². The summed E-state index contributed by atoms with van der Waals surface area (Å²) in [7, 11) is 0. The summed E-state index contributed by atoms with van der Waals surface area (Å²) in [4.78, 5) is 0. The zero-order valence-corrected chi connectivity index (χ0v) is 10.1. The van der Waals surface area contributed by atoms with Gasteiger partial charge in [0.1, 0.15) is 0 Å². The van der Waals surface area contributed by atoms with Crippen LogP contribution in [0.25, 0.3) is 0 Å². The molecule has 0 bridgehead atoms. The van der Waals surface area contributed by atoms with Gasteiger partial charge < -0.3 is 4.74 Å². The van der Waals surface area contributed by atoms with Crippen LogP contribution in [-0.4, -0.2) is 12.7 Å². The average molecular weight is 241 g/mol. The van der Waals surface area contributed by atoms with E-state index in [1.54, 1.807) is 0 Å². The average Bonchev–Trinajstić information content (AvgIpc) is 2.67. The number of nitrogens with two attached hydrogens (primary N) is 1. The summed E-state index contributed by atoms with van der Waals surface area (Å²) >= 11 is 5.98. The fraction of sp³-hybridized carbons (Fsp3) is 0.500. The molecule has 1 saturated heterocycles. The van der Waals surface area contributed by atoms with Gasteiger partial charge in [-0.1, -0.05) is 30.7 Å². The van der Waals surface area contributed by atoms with Gasteiger partial charge in [0.2, 0.25) is 0 Å². The van der Waals surface area contributed by atoms with E-state index in [4.69, 9.17) is 22.2 Å². The Labute approximate surface area is 101 Å². The van der Waals surface area contributed by atoms with Crippen molar-refractivity contribution in [3.63, 3.8) is 0 Å². The van der Waals surface area contributed by atoms with Crippen LogP contribution in [0.4, 0.5) is 0 Å². The van der Waals surface area contributed by atoms with E-state index < -0.39 is 0 Å². The second-order valence-corrected chi connectivity index (χ2v) is 4.74. The molecule has 0 amide bonds. The molecule has 0 radical (unpaired) electrons. The third kappa shape index (κ3) is 2.38. The fourth-order valence-corrected chi connectivity index (χ4v) is 2.42. The monoisotopic (exact) mass is 240 g/mol. The van der Waals surface area contributed by atoms with Crippen molar-refractivity contribution < 1.29 is 4.74 Å². The molecule has 16 heavy (non-hydrogen) atoms. The summed E-state index contributed by atoms with van der Waals surface area (Å²) in [6, 6.07) is 7.75. The number of rotatable bonds is 3. The first-order valence-electron chi connectivity index (χ1n) is 5.55. The third-order valence-corrected chi connectivity index (χ3v) is 3.40. The van der Waals surface area contributed by atoms with E-state index in [2.05, 4.69) is 12.3 Å². The number of halogens is 1. The van der Waals surface area contributed by atoms with Gasteiger partial charge in [-0.2, -0.15) is 0 Å². The Morgan fingerprint density at radius 2 is 2.38 bits per heavy atom. The van der Waals surface area contributed by atoms with Gasteiger partial charge in [0.25, 0.3) is 0 Å². The van der Waals surface area contributed by atoms with E-state index in [0.717, 1.165) is 23.6 Å². The lowest BCUT2D eigenvalue weighted by Crippen LogP contribution is -2.38. The minimum atomic E-state index is 0.0104. The smallest absolute Gasteiger partial charge is 0.0808 e. The van der Waals surface area contributed by atoms with Crippen molar-refractivity contribution in [3.05, 3.63) is 34.9 Å². The van der Waals surface area contributed by atoms with Crippen LogP contribution in [0.1, 0.15) is 24.9 Å². The SMILES string of the molecule is CC1CCOC1C(NN)c1cccc(Cl)c1. The van der Waals surface area contributed by atoms with Gasteiger partial charge in [-0.3, -0.25) is 11.3 Å². The molecule has 1 aromatic rings. The van der Waals surface area contributed by atoms with Crippen molar-refractivity contribution in [3.8, 4) is 0 Å². The lowest BCUT2D eigenvalue weighted by molar-refractivity contribution is 0.0607. The van der Waals surface area contributed by atoms with Gasteiger partial charge in [0.15, 0.2) is 0 Å². The molecular formula is C12H17ClN2O. The number of hydrogen-bond acceptors (Lipinski definition) is 3. The molecule has 0 aromatic heterocycles. The second-order valence-electron chi connectivity index (χ2n) is 4.30. The van der Waals surface area contributed by atoms with Crippen LogP contribution in [0, 0.1) is 5.92 Å². The van der Waals surface area contributed by atoms with Crippen molar-refractivity contribution in [1.29, 1.82) is 0 Å². The summed E-state index contributed by atoms with van der Waals surface area (Å²) in [5.74, 6) is 6.14. The van der Waals surface area contributed by atoms with E-state index in [1.807, 2.05) is 24.3 Å². The minimum absolute atomic E-state index is 0.0104. The summed E-state index contributed by atoms with van der Waals surface area (Å²) in [6.07, 6.45) is 1.21. The van der Waals surface area contributed by atoms with Crippen LogP contribution < -0.4 is 11.3 Å². The molecule has 3 nitrogen and oxygen atoms in total. The van der Waals surface area contributed by atoms with E-state index in [-0.39, 0.29) is 12.1 Å². The number of hydrazine groups is 1. The van der Waals surface area contributed by atoms with Crippen molar-refractivity contribution in [2.24, 2.45) is 11.8 Å². The van der Waals surface area contributed by atoms with E-state index in [0.29, 0.717) is 5.92 Å². The van der Waals surface area contributed by atoms with Gasteiger partial charge in [-0.05, 0) is 30.0 Å². The Balaban J connectivity index is 2.21. The van der Waals surface area contributed by atoms with Crippen LogP contribution in [0.5, 0.6) is 0 Å². The molecule has 0 saturated carbocycles. The molecular weight excluding hydrogens is 224 g/mol. The molecule has 1 aliphatic heterocycles. The summed E-state index contributed by atoms with van der Waals surface area (Å²) in [5.41, 5.74) is 3.91. The highest BCUT2D eigenvalue weighted by atomic mass is 35.5. The Hall–Kier alpha value is -0.610. The van der Waals surface area contributed by atoms with E-state index in [9.17, 15) is 0 Å². The standard InChI is InChI=1S/C12H17ClN2O/c1-8-5-6-16-12(8)11(15-14)9-3-2-4-10(13)7-9/h2-4,7-8,11-12,15H,5-6,14H2,1H3. The highest BCUT2D eigenvalue weighted by molar-refractivity contribution is 6.30. The molecule has 3 unspecified atom stereocenters. The normalized spacial score (nSPS) is 26.9. The number of ether oxygens (including phenoxy) is 1. The Morgan fingerprint density at radius 1 is 1.56 bits per heavy atom. The molecule has 1 heterocycles. The lowest BCUT2D eigenvalue weighted by Gasteiger charge is -2.25. The Kier molecular flexibility index (Phi) is 3.82. The second kappa shape index (κ2) is 5.15. The Morgan fingerprint density at radius 3 is 2.94 bits per heavy atom. The minimum Gasteiger partial charge on any atom is -0.376 e. The maximum atomic E-state index is 5.98. The molecule has 1 aliphatic rings. The van der Waals surface area contributed by atoms with Crippen molar-refractivity contribution in [1.82, 2.24) is 5.43 Å². The third-order valence-electron chi connectivity index (χ3n) is 3.16. The van der Waals surface area contributed by atoms with Crippen LogP contribution in [-0.2, 0) is 4.74 Å². The molecule has 3 N–H and O–H groups in total. The largest absolute Gasteiger partial charge is 0.376 e. The van der Waals surface area contributed by atoms with E-state index >= 15 is 0 Å². The molecule has 2 rings (SSSR count). The number of benzene rings is 1. The molecule has 88 valence electrons. The van der Waals surface area contributed by atoms with Crippen LogP contribution >= 0.6 is 11.6 Å². The first kappa shape index (κ1) is 11.9. The molecule has 3 atom stereocenters. The van der Waals surface area contributed by atoms with Crippen molar-refractivity contribution >= 4 is 11.6 Å². The predicted octanol–water partition coefficient (Wildman–Crippen LogP) is 2.27. The topological polar surface area (TPSA) is 47.3 Å². The highest BCUT2D eigenvalue weighted by Crippen LogP contribution is 2.31. The first-order chi connectivity index (χ1) is 7.72. The van der Waals surface area contributed by atoms with Crippen molar-refractivity contribution in [2.45, 2.75) is 25.5 Å². The molecule has 0 aliphatic carbocycles. The van der Waals surface area contributed by atoms with Gasteiger partial charge >= 0.3 is 0 Å². The molecule has 1 aromatic carbocycles. The lowest BCUT2D eigenvalue weighted by atomic mass is 9.93. The van der Waals surface area contributed by atoms with Crippen LogP contribution in [0.2, 0.25) is 5.02 Å². The highest BCUT2D eigenvalue weighted by Gasteiger charge is 2.32. The predicted molar refractivity (Wildman–Crippen MR) is 65.0 cm³/mol. The molecule has 1 fully saturated rings. The van der Waals surface area contributed by atoms with Gasteiger partial charge in [0, 0.05) is 11.6 Å². The molecule has 0 spiro atoms. The zero-order valence-electron chi connectivity index (χ0n) is 9.32. The zero-order chi connectivity index (χ0) is 11.5. The summed E-state index contributed by atoms with van der Waals surface area (Å²) in [5, 5.41) is 0.725. The summed E-state index contributed by atoms with van der Waals surface area (Å²) in [6.45, 7) is 3.00. The van der Waals surface area contributed by atoms with Gasteiger partial charge in [-0.25, -0.2) is 0 Å². The van der Waals surface area contributed by atoms with E-state index in [1.165, 1.54) is 0 Å². The quantitative estimate of drug-likeness (QED) is 0.630. The van der Waals surface area contributed by atoms with Crippen molar-refractivity contribution in [2.75, 3.05) is 6.61 Å². The Bertz CT molecular complexity index is 359. The number of hydrogen-bond donors (Lipinski definition) is 2.